The average Bonchev–Trinajstić information content (AvgIpc) is 2.05. The van der Waals surface area contributed by atoms with Gasteiger partial charge in [-0.1, -0.05) is 30.4 Å². The minimum absolute atomic E-state index is 0.575. The molecular weight excluding hydrogens is 136 g/mol. The molecule has 1 nitrogen and oxygen atoms in total. The van der Waals surface area contributed by atoms with Gasteiger partial charge < -0.3 is 0 Å². The van der Waals surface area contributed by atoms with Gasteiger partial charge in [0.2, 0.25) is 6.29 Å². The van der Waals surface area contributed by atoms with E-state index in [-0.39, 0.29) is 0 Å². The molecule has 0 aliphatic carbocycles. The van der Waals surface area contributed by atoms with Crippen molar-refractivity contribution in [3.05, 3.63) is 42.0 Å². The highest BCUT2D eigenvalue weighted by molar-refractivity contribution is 5.77. The van der Waals surface area contributed by atoms with Gasteiger partial charge in [0.05, 0.1) is 0 Å². The van der Waals surface area contributed by atoms with Crippen molar-refractivity contribution in [1.82, 2.24) is 0 Å². The smallest absolute Gasteiger partial charge is 0.233 e. The molecule has 0 saturated heterocycles. The molecule has 0 aliphatic heterocycles. The fourth-order valence-corrected chi connectivity index (χ4v) is 0.848. The van der Waals surface area contributed by atoms with Gasteiger partial charge >= 0.3 is 0 Å². The maximum absolute atomic E-state index is 10.2. The topological polar surface area (TPSA) is 17.1 Å². The lowest BCUT2D eigenvalue weighted by Gasteiger charge is -1.97. The van der Waals surface area contributed by atoms with Gasteiger partial charge in [-0.15, -0.1) is 0 Å². The monoisotopic (exact) mass is 145 g/mol. The van der Waals surface area contributed by atoms with Gasteiger partial charge in [-0.3, -0.25) is 4.79 Å². The summed E-state index contributed by atoms with van der Waals surface area (Å²) >= 11 is 0. The molecule has 1 heteroatoms. The van der Waals surface area contributed by atoms with Gasteiger partial charge in [0, 0.05) is 5.56 Å². The molecule has 11 heavy (non-hydrogen) atoms. The maximum atomic E-state index is 10.2. The summed E-state index contributed by atoms with van der Waals surface area (Å²) in [5.41, 5.74) is 2.53. The lowest BCUT2D eigenvalue weighted by atomic mass is 10.1. The van der Waals surface area contributed by atoms with Crippen molar-refractivity contribution in [1.29, 1.82) is 0 Å². The molecular formula is C10H9O. The zero-order valence-electron chi connectivity index (χ0n) is 6.42. The van der Waals surface area contributed by atoms with E-state index in [9.17, 15) is 4.79 Å². The predicted octanol–water partition coefficient (Wildman–Crippen LogP) is 2.18. The van der Waals surface area contributed by atoms with E-state index in [1.54, 1.807) is 12.1 Å². The molecule has 0 aliphatic rings. The molecule has 0 N–H and O–H groups in total. The highest BCUT2D eigenvalue weighted by Gasteiger charge is 1.94. The van der Waals surface area contributed by atoms with Crippen LogP contribution in [0.15, 0.2) is 30.8 Å². The molecule has 0 bridgehead atoms. The van der Waals surface area contributed by atoms with E-state index in [1.165, 1.54) is 0 Å². The van der Waals surface area contributed by atoms with Gasteiger partial charge in [0.1, 0.15) is 0 Å². The predicted molar refractivity (Wildman–Crippen MR) is 45.9 cm³/mol. The van der Waals surface area contributed by atoms with Crippen molar-refractivity contribution in [3.63, 3.8) is 0 Å². The minimum Gasteiger partial charge on any atom is -0.285 e. The second kappa shape index (κ2) is 3.15. The molecule has 0 fully saturated rings. The van der Waals surface area contributed by atoms with Crippen LogP contribution in [0.25, 0.3) is 5.57 Å². The van der Waals surface area contributed by atoms with Gasteiger partial charge in [-0.25, -0.2) is 0 Å². The Morgan fingerprint density at radius 1 is 1.55 bits per heavy atom. The van der Waals surface area contributed by atoms with E-state index in [0.29, 0.717) is 5.56 Å². The normalized spacial score (nSPS) is 9.18. The molecule has 0 heterocycles. The van der Waals surface area contributed by atoms with Gasteiger partial charge in [0.15, 0.2) is 0 Å². The summed E-state index contributed by atoms with van der Waals surface area (Å²) in [5.74, 6) is 0. The van der Waals surface area contributed by atoms with E-state index in [4.69, 9.17) is 0 Å². The molecule has 0 aromatic heterocycles. The first kappa shape index (κ1) is 7.73. The van der Waals surface area contributed by atoms with Gasteiger partial charge in [-0.2, -0.15) is 0 Å². The van der Waals surface area contributed by atoms with E-state index in [2.05, 4.69) is 6.58 Å². The van der Waals surface area contributed by atoms with Crippen molar-refractivity contribution in [2.45, 2.75) is 6.92 Å². The fraction of sp³-hybridized carbons (Fsp3) is 0.100. The van der Waals surface area contributed by atoms with E-state index >= 15 is 0 Å². The summed E-state index contributed by atoms with van der Waals surface area (Å²) in [5, 5.41) is 0. The first-order valence-electron chi connectivity index (χ1n) is 3.38. The second-order valence-electron chi connectivity index (χ2n) is 2.46. The number of carbonyl (C=O) groups excluding carboxylic acids is 1. The van der Waals surface area contributed by atoms with Crippen LogP contribution in [0.3, 0.4) is 0 Å². The Hall–Kier alpha value is -1.37. The molecule has 1 rings (SSSR count). The van der Waals surface area contributed by atoms with Crippen LogP contribution in [0.4, 0.5) is 0 Å². The minimum atomic E-state index is 0.575. The van der Waals surface area contributed by atoms with Crippen LogP contribution >= 0.6 is 0 Å². The molecule has 0 unspecified atom stereocenters. The Kier molecular flexibility index (Phi) is 2.21. The lowest BCUT2D eigenvalue weighted by molar-refractivity contribution is 0.563. The number of benzene rings is 1. The third-order valence-corrected chi connectivity index (χ3v) is 1.47. The zero-order chi connectivity index (χ0) is 8.27. The van der Waals surface area contributed by atoms with Crippen molar-refractivity contribution in [2.24, 2.45) is 0 Å². The summed E-state index contributed by atoms with van der Waals surface area (Å²) in [6, 6.07) is 7.24. The number of hydrogen-bond donors (Lipinski definition) is 0. The maximum Gasteiger partial charge on any atom is 0.233 e. The quantitative estimate of drug-likeness (QED) is 0.623. The van der Waals surface area contributed by atoms with Gasteiger partial charge in [0.25, 0.3) is 0 Å². The van der Waals surface area contributed by atoms with Crippen molar-refractivity contribution in [3.8, 4) is 0 Å². The van der Waals surface area contributed by atoms with Crippen LogP contribution in [-0.4, -0.2) is 6.29 Å². The van der Waals surface area contributed by atoms with Crippen LogP contribution in [0.1, 0.15) is 18.1 Å². The van der Waals surface area contributed by atoms with Crippen LogP contribution in [0.2, 0.25) is 0 Å². The summed E-state index contributed by atoms with van der Waals surface area (Å²) in [4.78, 5) is 10.2. The standard InChI is InChI=1S/C10H9O/c1-8(2)10-5-3-4-9(6-10)7-11/h3-6H,1H2,2H3. The van der Waals surface area contributed by atoms with Crippen LogP contribution in [-0.2, 0) is 4.79 Å². The van der Waals surface area contributed by atoms with Crippen LogP contribution in [0.5, 0.6) is 0 Å². The van der Waals surface area contributed by atoms with Gasteiger partial charge in [-0.05, 0) is 18.6 Å². The average molecular weight is 145 g/mol. The molecule has 0 saturated carbocycles. The third-order valence-electron chi connectivity index (χ3n) is 1.47. The SMILES string of the molecule is C=C(C)c1cccc([C]=O)c1. The Balaban J connectivity index is 3.10. The third kappa shape index (κ3) is 1.77. The van der Waals surface area contributed by atoms with Crippen molar-refractivity contribution in [2.75, 3.05) is 0 Å². The van der Waals surface area contributed by atoms with Crippen molar-refractivity contribution >= 4 is 11.9 Å². The Bertz CT molecular complexity index is 287. The molecule has 55 valence electrons. The zero-order valence-corrected chi connectivity index (χ0v) is 6.42. The molecule has 1 aromatic carbocycles. The Morgan fingerprint density at radius 2 is 2.27 bits per heavy atom. The highest BCUT2D eigenvalue weighted by atomic mass is 16.1. The highest BCUT2D eigenvalue weighted by Crippen LogP contribution is 2.11. The second-order valence-corrected chi connectivity index (χ2v) is 2.46. The fourth-order valence-electron chi connectivity index (χ4n) is 0.848. The van der Waals surface area contributed by atoms with E-state index in [1.807, 2.05) is 25.3 Å². The van der Waals surface area contributed by atoms with E-state index in [0.717, 1.165) is 11.1 Å². The molecule has 0 spiro atoms. The summed E-state index contributed by atoms with van der Waals surface area (Å²) < 4.78 is 0. The summed E-state index contributed by atoms with van der Waals surface area (Å²) in [6.07, 6.45) is 1.83. The van der Waals surface area contributed by atoms with E-state index < -0.39 is 0 Å². The molecule has 0 amide bonds. The largest absolute Gasteiger partial charge is 0.285 e. The summed E-state index contributed by atoms with van der Waals surface area (Å²) in [7, 11) is 0. The molecule has 0 atom stereocenters. The lowest BCUT2D eigenvalue weighted by Crippen LogP contribution is -1.82. The first-order valence-corrected chi connectivity index (χ1v) is 3.38. The Labute approximate surface area is 66.4 Å². The number of allylic oxidation sites excluding steroid dienone is 1. The van der Waals surface area contributed by atoms with Crippen LogP contribution < -0.4 is 0 Å². The number of hydrogen-bond acceptors (Lipinski definition) is 1. The molecule has 1 radical (unpaired) electrons. The Morgan fingerprint density at radius 3 is 2.82 bits per heavy atom. The van der Waals surface area contributed by atoms with Crippen LogP contribution in [0, 0.1) is 0 Å². The van der Waals surface area contributed by atoms with Crippen molar-refractivity contribution < 1.29 is 4.79 Å². The first-order chi connectivity index (χ1) is 5.24. The summed E-state index contributed by atoms with van der Waals surface area (Å²) in [6.45, 7) is 5.68. The molecule has 1 aromatic rings. The number of rotatable bonds is 2.